The summed E-state index contributed by atoms with van der Waals surface area (Å²) in [6, 6.07) is 17.1. The van der Waals surface area contributed by atoms with Gasteiger partial charge in [-0.2, -0.15) is 0 Å². The first-order chi connectivity index (χ1) is 15.9. The van der Waals surface area contributed by atoms with Crippen LogP contribution in [0.4, 0.5) is 4.39 Å². The molecule has 9 nitrogen and oxygen atoms in total. The van der Waals surface area contributed by atoms with E-state index in [0.29, 0.717) is 0 Å². The minimum Gasteiger partial charge on any atom is -0.459 e. The number of rotatable bonds is 6. The summed E-state index contributed by atoms with van der Waals surface area (Å²) in [5.74, 6) is -1.48. The van der Waals surface area contributed by atoms with Gasteiger partial charge in [0, 0.05) is 12.3 Å². The zero-order valence-corrected chi connectivity index (χ0v) is 17.1. The summed E-state index contributed by atoms with van der Waals surface area (Å²) >= 11 is 0. The van der Waals surface area contributed by atoms with Crippen molar-refractivity contribution in [3.63, 3.8) is 0 Å². The van der Waals surface area contributed by atoms with E-state index in [-0.39, 0.29) is 11.1 Å². The van der Waals surface area contributed by atoms with Gasteiger partial charge in [0.2, 0.25) is 0 Å². The van der Waals surface area contributed by atoms with Gasteiger partial charge >= 0.3 is 17.6 Å². The third kappa shape index (κ3) is 4.90. The van der Waals surface area contributed by atoms with Crippen molar-refractivity contribution in [2.45, 2.75) is 24.6 Å². The van der Waals surface area contributed by atoms with Crippen LogP contribution in [0.5, 0.6) is 0 Å². The van der Waals surface area contributed by atoms with Crippen molar-refractivity contribution in [2.75, 3.05) is 6.61 Å². The average Bonchev–Trinajstić information content (AvgIpc) is 3.13. The Balaban J connectivity index is 1.56. The van der Waals surface area contributed by atoms with E-state index < -0.39 is 54.4 Å². The number of halogens is 1. The van der Waals surface area contributed by atoms with E-state index in [9.17, 15) is 19.2 Å². The molecule has 1 N–H and O–H groups in total. The Bertz CT molecular complexity index is 1240. The molecule has 33 heavy (non-hydrogen) atoms. The monoisotopic (exact) mass is 454 g/mol. The van der Waals surface area contributed by atoms with Crippen molar-refractivity contribution in [1.82, 2.24) is 9.55 Å². The Hall–Kier alpha value is -4.05. The fourth-order valence-electron chi connectivity index (χ4n) is 3.40. The number of carbonyl (C=O) groups excluding carboxylic acids is 2. The standard InChI is InChI=1S/C23H19FN2O7/c24-18-19(33-22(29)15-9-5-2-6-10-15)16(13-31-21(28)14-7-3-1-4-8-14)32-20(18)26-12-11-17(27)25-23(26)30/h1-12,16,18-20H,13H2,(H,25,27,30)/t16-,18-,19-,20-/m1/s1. The quantitative estimate of drug-likeness (QED) is 0.565. The van der Waals surface area contributed by atoms with Crippen LogP contribution in [0.15, 0.2) is 82.5 Å². The van der Waals surface area contributed by atoms with E-state index in [1.165, 1.54) is 12.1 Å². The number of H-pyrrole nitrogens is 1. The van der Waals surface area contributed by atoms with Gasteiger partial charge in [-0.15, -0.1) is 0 Å². The lowest BCUT2D eigenvalue weighted by Crippen LogP contribution is -2.38. The molecule has 4 rings (SSSR count). The minimum atomic E-state index is -1.98. The normalized spacial score (nSPS) is 22.0. The molecule has 10 heteroatoms. The smallest absolute Gasteiger partial charge is 0.338 e. The molecule has 1 fully saturated rings. The van der Waals surface area contributed by atoms with Crippen LogP contribution in [0.25, 0.3) is 0 Å². The lowest BCUT2D eigenvalue weighted by molar-refractivity contribution is -0.0592. The topological polar surface area (TPSA) is 117 Å². The molecule has 1 aliphatic heterocycles. The molecule has 2 heterocycles. The van der Waals surface area contributed by atoms with Crippen LogP contribution in [-0.4, -0.2) is 46.5 Å². The van der Waals surface area contributed by atoms with Crippen LogP contribution in [0.1, 0.15) is 26.9 Å². The lowest BCUT2D eigenvalue weighted by Gasteiger charge is -2.19. The number of carbonyl (C=O) groups is 2. The molecule has 0 radical (unpaired) electrons. The number of alkyl halides is 1. The Labute approximate surface area is 186 Å². The van der Waals surface area contributed by atoms with Gasteiger partial charge in [-0.1, -0.05) is 36.4 Å². The summed E-state index contributed by atoms with van der Waals surface area (Å²) in [6.45, 7) is -0.435. The third-order valence-electron chi connectivity index (χ3n) is 5.03. The fraction of sp³-hybridized carbons (Fsp3) is 0.217. The van der Waals surface area contributed by atoms with Gasteiger partial charge in [-0.25, -0.2) is 18.8 Å². The first kappa shape index (κ1) is 22.2. The molecule has 0 unspecified atom stereocenters. The van der Waals surface area contributed by atoms with Crippen LogP contribution >= 0.6 is 0 Å². The maximum absolute atomic E-state index is 15.4. The van der Waals surface area contributed by atoms with Crippen molar-refractivity contribution in [2.24, 2.45) is 0 Å². The van der Waals surface area contributed by atoms with Gasteiger partial charge in [0.15, 0.2) is 18.5 Å². The number of aromatic amines is 1. The molecule has 1 aromatic heterocycles. The van der Waals surface area contributed by atoms with Crippen molar-refractivity contribution < 1.29 is 28.2 Å². The highest BCUT2D eigenvalue weighted by atomic mass is 19.1. The van der Waals surface area contributed by atoms with Gasteiger partial charge in [-0.3, -0.25) is 14.3 Å². The molecule has 0 amide bonds. The maximum atomic E-state index is 15.4. The molecule has 170 valence electrons. The highest BCUT2D eigenvalue weighted by Gasteiger charge is 2.49. The van der Waals surface area contributed by atoms with Crippen molar-refractivity contribution in [3.8, 4) is 0 Å². The van der Waals surface area contributed by atoms with E-state index in [1.807, 2.05) is 4.98 Å². The van der Waals surface area contributed by atoms with Gasteiger partial charge in [0.1, 0.15) is 12.7 Å². The maximum Gasteiger partial charge on any atom is 0.338 e. The third-order valence-corrected chi connectivity index (χ3v) is 5.03. The van der Waals surface area contributed by atoms with Gasteiger partial charge < -0.3 is 14.2 Å². The molecule has 4 atom stereocenters. The van der Waals surface area contributed by atoms with Gasteiger partial charge in [0.05, 0.1) is 11.1 Å². The molecule has 1 aliphatic rings. The number of aromatic nitrogens is 2. The van der Waals surface area contributed by atoms with Crippen LogP contribution in [0.3, 0.4) is 0 Å². The van der Waals surface area contributed by atoms with Crippen LogP contribution in [0, 0.1) is 0 Å². The second-order valence-corrected chi connectivity index (χ2v) is 7.23. The highest BCUT2D eigenvalue weighted by Crippen LogP contribution is 2.33. The predicted octanol–water partition coefficient (Wildman–Crippen LogP) is 1.85. The largest absolute Gasteiger partial charge is 0.459 e. The van der Waals surface area contributed by atoms with Crippen LogP contribution in [0.2, 0.25) is 0 Å². The second kappa shape index (κ2) is 9.61. The SMILES string of the molecule is O=C(OC[C@H]1O[C@@H](n2ccc(=O)[nH]c2=O)[C@H](F)[C@@H]1OC(=O)c1ccccc1)c1ccccc1. The Kier molecular flexibility index (Phi) is 6.45. The lowest BCUT2D eigenvalue weighted by atomic mass is 10.1. The van der Waals surface area contributed by atoms with Gasteiger partial charge in [-0.05, 0) is 24.3 Å². The minimum absolute atomic E-state index is 0.189. The van der Waals surface area contributed by atoms with Crippen LogP contribution < -0.4 is 11.2 Å². The molecule has 0 saturated carbocycles. The Morgan fingerprint density at radius 1 is 0.939 bits per heavy atom. The molecule has 0 bridgehead atoms. The van der Waals surface area contributed by atoms with Crippen molar-refractivity contribution in [1.29, 1.82) is 0 Å². The summed E-state index contributed by atoms with van der Waals surface area (Å²) in [5.41, 5.74) is -1.09. The predicted molar refractivity (Wildman–Crippen MR) is 112 cm³/mol. The number of esters is 2. The molecule has 2 aromatic carbocycles. The molecule has 3 aromatic rings. The number of ether oxygens (including phenoxy) is 3. The Morgan fingerprint density at radius 2 is 1.55 bits per heavy atom. The van der Waals surface area contributed by atoms with Gasteiger partial charge in [0.25, 0.3) is 5.56 Å². The fourth-order valence-corrected chi connectivity index (χ4v) is 3.40. The zero-order chi connectivity index (χ0) is 23.4. The van der Waals surface area contributed by atoms with E-state index in [2.05, 4.69) is 0 Å². The molecular formula is C23H19FN2O7. The summed E-state index contributed by atoms with van der Waals surface area (Å²) < 4.78 is 32.5. The highest BCUT2D eigenvalue weighted by molar-refractivity contribution is 5.90. The number of benzene rings is 2. The molecule has 1 saturated heterocycles. The molecule has 0 aliphatic carbocycles. The van der Waals surface area contributed by atoms with Crippen molar-refractivity contribution in [3.05, 3.63) is 105 Å². The summed E-state index contributed by atoms with van der Waals surface area (Å²) in [5, 5.41) is 0. The number of hydrogen-bond acceptors (Lipinski definition) is 7. The van der Waals surface area contributed by atoms with Crippen molar-refractivity contribution >= 4 is 11.9 Å². The second-order valence-electron chi connectivity index (χ2n) is 7.23. The van der Waals surface area contributed by atoms with E-state index in [1.54, 1.807) is 48.5 Å². The number of nitrogens with zero attached hydrogens (tertiary/aromatic N) is 1. The molecular weight excluding hydrogens is 435 g/mol. The summed E-state index contributed by atoms with van der Waals surface area (Å²) in [4.78, 5) is 50.4. The summed E-state index contributed by atoms with van der Waals surface area (Å²) in [6.07, 6.45) is -5.10. The average molecular weight is 454 g/mol. The first-order valence-corrected chi connectivity index (χ1v) is 10.0. The first-order valence-electron chi connectivity index (χ1n) is 10.0. The van der Waals surface area contributed by atoms with Crippen LogP contribution in [-0.2, 0) is 14.2 Å². The van der Waals surface area contributed by atoms with E-state index in [0.717, 1.165) is 16.8 Å². The number of hydrogen-bond donors (Lipinski definition) is 1. The zero-order valence-electron chi connectivity index (χ0n) is 17.1. The van der Waals surface area contributed by atoms with E-state index in [4.69, 9.17) is 14.2 Å². The molecule has 0 spiro atoms. The summed E-state index contributed by atoms with van der Waals surface area (Å²) in [7, 11) is 0. The van der Waals surface area contributed by atoms with E-state index >= 15 is 4.39 Å². The Morgan fingerprint density at radius 3 is 2.15 bits per heavy atom. The number of nitrogens with one attached hydrogen (secondary N) is 1.